The number of nitrogens with zero attached hydrogens (tertiary/aromatic N) is 1. The van der Waals surface area contributed by atoms with E-state index in [0.717, 1.165) is 21.0 Å². The molecule has 1 aliphatic rings. The monoisotopic (exact) mass is 363 g/mol. The second-order valence-electron chi connectivity index (χ2n) is 6.77. The average molecular weight is 364 g/mol. The Morgan fingerprint density at radius 1 is 1.46 bits per heavy atom. The Kier molecular flexibility index (Phi) is 4.97. The number of thioether (sulfide) groups is 1. The number of cyclic esters (lactones) is 1. The van der Waals surface area contributed by atoms with E-state index in [-0.39, 0.29) is 23.4 Å². The van der Waals surface area contributed by atoms with Gasteiger partial charge in [0.1, 0.15) is 0 Å². The van der Waals surface area contributed by atoms with Crippen molar-refractivity contribution in [3.63, 3.8) is 0 Å². The fourth-order valence-corrected chi connectivity index (χ4v) is 5.19. The van der Waals surface area contributed by atoms with Gasteiger partial charge in [-0.05, 0) is 31.4 Å². The van der Waals surface area contributed by atoms with Crippen LogP contribution in [0.15, 0.2) is 28.6 Å². The molecule has 128 valence electrons. The van der Waals surface area contributed by atoms with E-state index < -0.39 is 5.60 Å². The van der Waals surface area contributed by atoms with Crippen molar-refractivity contribution in [3.8, 4) is 0 Å². The lowest BCUT2D eigenvalue weighted by Gasteiger charge is -2.28. The summed E-state index contributed by atoms with van der Waals surface area (Å²) in [6.07, 6.45) is 1.16. The van der Waals surface area contributed by atoms with Crippen molar-refractivity contribution in [2.75, 3.05) is 5.75 Å². The number of aromatic nitrogens is 1. The molecule has 0 bridgehead atoms. The molecule has 1 fully saturated rings. The van der Waals surface area contributed by atoms with E-state index in [0.29, 0.717) is 12.3 Å². The van der Waals surface area contributed by atoms with Crippen LogP contribution in [0.3, 0.4) is 0 Å². The van der Waals surface area contributed by atoms with Crippen LogP contribution in [0.4, 0.5) is 0 Å². The van der Waals surface area contributed by atoms with Gasteiger partial charge in [0.2, 0.25) is 0 Å². The fourth-order valence-electron chi connectivity index (χ4n) is 3.10. The Balaban J connectivity index is 1.69. The van der Waals surface area contributed by atoms with E-state index in [1.165, 1.54) is 11.8 Å². The summed E-state index contributed by atoms with van der Waals surface area (Å²) in [5.74, 6) is 0.379. The summed E-state index contributed by atoms with van der Waals surface area (Å²) in [4.78, 5) is 29.1. The molecule has 2 atom stereocenters. The molecular weight excluding hydrogens is 342 g/mol. The largest absolute Gasteiger partial charge is 0.451 e. The molecule has 1 saturated heterocycles. The van der Waals surface area contributed by atoms with Gasteiger partial charge < -0.3 is 4.74 Å². The van der Waals surface area contributed by atoms with Crippen molar-refractivity contribution >= 4 is 45.1 Å². The summed E-state index contributed by atoms with van der Waals surface area (Å²) >= 11 is 3.01. The quantitative estimate of drug-likeness (QED) is 0.565. The molecule has 4 nitrogen and oxygen atoms in total. The topological polar surface area (TPSA) is 56.3 Å². The fraction of sp³-hybridized carbons (Fsp3) is 0.500. The van der Waals surface area contributed by atoms with Gasteiger partial charge in [-0.3, -0.25) is 9.59 Å². The minimum atomic E-state index is -0.995. The van der Waals surface area contributed by atoms with Crippen molar-refractivity contribution in [1.29, 1.82) is 0 Å². The molecule has 0 amide bonds. The molecule has 0 N–H and O–H groups in total. The maximum absolute atomic E-state index is 12.8. The van der Waals surface area contributed by atoms with E-state index in [1.54, 1.807) is 18.3 Å². The summed E-state index contributed by atoms with van der Waals surface area (Å²) in [6.45, 7) is 5.97. The van der Waals surface area contributed by atoms with Gasteiger partial charge in [0.15, 0.2) is 15.7 Å². The Hall–Kier alpha value is -1.40. The lowest BCUT2D eigenvalue weighted by Crippen LogP contribution is -2.42. The van der Waals surface area contributed by atoms with Crippen LogP contribution in [0.25, 0.3) is 10.2 Å². The third-order valence-electron chi connectivity index (χ3n) is 4.43. The Bertz CT molecular complexity index is 737. The van der Waals surface area contributed by atoms with E-state index in [9.17, 15) is 9.59 Å². The lowest BCUT2D eigenvalue weighted by atomic mass is 9.80. The predicted molar refractivity (Wildman–Crippen MR) is 97.4 cm³/mol. The molecule has 1 aromatic carbocycles. The van der Waals surface area contributed by atoms with Crippen LogP contribution in [0, 0.1) is 11.8 Å². The number of hydrogen-bond donors (Lipinski definition) is 0. The summed E-state index contributed by atoms with van der Waals surface area (Å²) in [6, 6.07) is 7.93. The van der Waals surface area contributed by atoms with Crippen LogP contribution in [0.2, 0.25) is 0 Å². The van der Waals surface area contributed by atoms with Crippen LogP contribution in [-0.2, 0) is 14.3 Å². The number of rotatable bonds is 6. The van der Waals surface area contributed by atoms with Crippen LogP contribution in [-0.4, -0.2) is 28.1 Å². The van der Waals surface area contributed by atoms with Crippen LogP contribution in [0.5, 0.6) is 0 Å². The van der Waals surface area contributed by atoms with Gasteiger partial charge in [0.25, 0.3) is 0 Å². The number of carbonyl (C=O) groups is 2. The van der Waals surface area contributed by atoms with Crippen LogP contribution >= 0.6 is 23.1 Å². The van der Waals surface area contributed by atoms with Gasteiger partial charge in [0, 0.05) is 5.92 Å². The number of ketones is 1. The second kappa shape index (κ2) is 6.84. The Labute approximate surface area is 150 Å². The number of para-hydroxylation sites is 1. The number of ether oxygens (including phenoxy) is 1. The molecule has 0 saturated carbocycles. The summed E-state index contributed by atoms with van der Waals surface area (Å²) in [5, 5.41) is 0. The van der Waals surface area contributed by atoms with E-state index in [1.807, 2.05) is 24.3 Å². The minimum absolute atomic E-state index is 0.0248. The van der Waals surface area contributed by atoms with Crippen molar-refractivity contribution < 1.29 is 14.3 Å². The van der Waals surface area contributed by atoms with Crippen molar-refractivity contribution in [2.24, 2.45) is 11.8 Å². The minimum Gasteiger partial charge on any atom is -0.451 e. The molecular formula is C18H21NO3S2. The molecule has 0 unspecified atom stereocenters. The van der Waals surface area contributed by atoms with E-state index in [4.69, 9.17) is 4.74 Å². The maximum Gasteiger partial charge on any atom is 0.307 e. The molecule has 3 rings (SSSR count). The van der Waals surface area contributed by atoms with E-state index in [2.05, 4.69) is 18.8 Å². The number of benzene rings is 1. The zero-order valence-electron chi connectivity index (χ0n) is 14.1. The zero-order valence-corrected chi connectivity index (χ0v) is 15.7. The van der Waals surface area contributed by atoms with Gasteiger partial charge in [-0.2, -0.15) is 0 Å². The van der Waals surface area contributed by atoms with Crippen molar-refractivity contribution in [1.82, 2.24) is 4.98 Å². The van der Waals surface area contributed by atoms with E-state index >= 15 is 0 Å². The van der Waals surface area contributed by atoms with Gasteiger partial charge in [0.05, 0.1) is 22.4 Å². The molecule has 1 aliphatic heterocycles. The maximum atomic E-state index is 12.8. The summed E-state index contributed by atoms with van der Waals surface area (Å²) < 4.78 is 7.44. The molecule has 1 aromatic heterocycles. The number of thiazole rings is 1. The highest BCUT2D eigenvalue weighted by molar-refractivity contribution is 8.01. The number of fused-ring (bicyclic) bond motifs is 1. The SMILES string of the molecule is CC(C)C[C@H]1CC(=O)O[C@@]1(C)C(=O)CSc1nc2ccccc2s1. The van der Waals surface area contributed by atoms with Crippen molar-refractivity contribution in [2.45, 2.75) is 43.6 Å². The average Bonchev–Trinajstić information content (AvgIpc) is 3.05. The highest BCUT2D eigenvalue weighted by Gasteiger charge is 2.50. The number of Topliss-reactive ketones (excluding diaryl/α,β-unsaturated/α-hetero) is 1. The highest BCUT2D eigenvalue weighted by atomic mass is 32.2. The third-order valence-corrected chi connectivity index (χ3v) is 6.61. The van der Waals surface area contributed by atoms with Crippen LogP contribution < -0.4 is 0 Å². The molecule has 0 aliphatic carbocycles. The predicted octanol–water partition coefficient (Wildman–Crippen LogP) is 4.33. The highest BCUT2D eigenvalue weighted by Crippen LogP contribution is 2.39. The Morgan fingerprint density at radius 3 is 2.92 bits per heavy atom. The molecule has 6 heteroatoms. The zero-order chi connectivity index (χ0) is 17.3. The molecule has 0 spiro atoms. The second-order valence-corrected chi connectivity index (χ2v) is 9.02. The first-order valence-corrected chi connectivity index (χ1v) is 9.92. The van der Waals surface area contributed by atoms with Crippen molar-refractivity contribution in [3.05, 3.63) is 24.3 Å². The summed E-state index contributed by atoms with van der Waals surface area (Å²) in [5.41, 5.74) is -0.0426. The normalized spacial score (nSPS) is 23.8. The van der Waals surface area contributed by atoms with Crippen LogP contribution in [0.1, 0.15) is 33.6 Å². The Morgan fingerprint density at radius 2 is 2.21 bits per heavy atom. The smallest absolute Gasteiger partial charge is 0.307 e. The van der Waals surface area contributed by atoms with Gasteiger partial charge >= 0.3 is 5.97 Å². The lowest BCUT2D eigenvalue weighted by molar-refractivity contribution is -0.156. The molecule has 0 radical (unpaired) electrons. The first-order valence-electron chi connectivity index (χ1n) is 8.12. The molecule has 2 heterocycles. The molecule has 2 aromatic rings. The third kappa shape index (κ3) is 3.49. The first kappa shape index (κ1) is 17.4. The van der Waals surface area contributed by atoms with Gasteiger partial charge in [-0.15, -0.1) is 11.3 Å². The summed E-state index contributed by atoms with van der Waals surface area (Å²) in [7, 11) is 0. The van der Waals surface area contributed by atoms with Gasteiger partial charge in [-0.1, -0.05) is 37.7 Å². The van der Waals surface area contributed by atoms with Gasteiger partial charge in [-0.25, -0.2) is 4.98 Å². The number of esters is 1. The number of hydrogen-bond acceptors (Lipinski definition) is 6. The standard InChI is InChI=1S/C18H21NO3S2/c1-11(2)8-12-9-16(21)22-18(12,3)15(20)10-23-17-19-13-6-4-5-7-14(13)24-17/h4-7,11-12H,8-10H2,1-3H3/t12-,18+/m0/s1. The first-order chi connectivity index (χ1) is 11.4. The molecule has 24 heavy (non-hydrogen) atoms. The number of carbonyl (C=O) groups excluding carboxylic acids is 2.